The number of carboxylic acid groups (broad SMARTS) is 1. The molecule has 1 aliphatic heterocycles. The molecule has 0 amide bonds. The molecule has 9 heteroatoms. The quantitative estimate of drug-likeness (QED) is 0.385. The third-order valence-electron chi connectivity index (χ3n) is 8.73. The number of rotatable bonds is 3. The summed E-state index contributed by atoms with van der Waals surface area (Å²) in [4.78, 5) is 11.3. The van der Waals surface area contributed by atoms with Crippen LogP contribution in [0.15, 0.2) is 18.2 Å². The van der Waals surface area contributed by atoms with Crippen molar-refractivity contribution in [2.75, 3.05) is 0 Å². The van der Waals surface area contributed by atoms with E-state index in [1.165, 1.54) is 11.1 Å². The number of benzene rings is 1. The van der Waals surface area contributed by atoms with Gasteiger partial charge >= 0.3 is 0 Å². The summed E-state index contributed by atoms with van der Waals surface area (Å²) >= 11 is 0. The number of aromatic hydroxyl groups is 1. The van der Waals surface area contributed by atoms with Crippen molar-refractivity contribution < 1.29 is 44.9 Å². The van der Waals surface area contributed by atoms with Gasteiger partial charge in [0.1, 0.15) is 30.2 Å². The number of fused-ring (bicyclic) bond motifs is 5. The first kappa shape index (κ1) is 23.0. The largest absolute Gasteiger partial charge is 0.547 e. The molecular formula is C24H31O9-. The van der Waals surface area contributed by atoms with E-state index in [9.17, 15) is 35.4 Å². The van der Waals surface area contributed by atoms with Gasteiger partial charge in [-0.3, -0.25) is 0 Å². The summed E-state index contributed by atoms with van der Waals surface area (Å²) in [6.45, 7) is 2.05. The molecule has 0 spiro atoms. The molecule has 1 saturated heterocycles. The normalized spacial score (nSPS) is 46.8. The van der Waals surface area contributed by atoms with E-state index in [0.717, 1.165) is 25.7 Å². The Morgan fingerprint density at radius 1 is 1.15 bits per heavy atom. The Morgan fingerprint density at radius 2 is 1.91 bits per heavy atom. The van der Waals surface area contributed by atoms with Gasteiger partial charge in [-0.1, -0.05) is 13.0 Å². The molecule has 3 fully saturated rings. The molecule has 3 aliphatic carbocycles. The standard InChI is InChI=1S/C24H32O9/c1-24-7-6-13-12-5-3-11(25)8-10(12)2-4-14(13)15(24)9-16(26)21(24)33-23-19(29)17(27)18(28)20(32-23)22(30)31/h3,5,8,13-21,23,25-29H,2,4,6-7,9H2,1H3,(H,30,31)/p-1/t13-,14-,15+,16-,17+,18+,19-,20+,21+,23+,24+/m1/s1. The Morgan fingerprint density at radius 3 is 2.64 bits per heavy atom. The van der Waals surface area contributed by atoms with E-state index >= 15 is 0 Å². The molecule has 1 aromatic rings. The highest BCUT2D eigenvalue weighted by atomic mass is 16.7. The zero-order valence-electron chi connectivity index (χ0n) is 18.4. The number of aliphatic hydroxyl groups excluding tert-OH is 4. The minimum absolute atomic E-state index is 0.145. The molecule has 1 aromatic carbocycles. The van der Waals surface area contributed by atoms with Crippen molar-refractivity contribution in [1.29, 1.82) is 0 Å². The van der Waals surface area contributed by atoms with Crippen molar-refractivity contribution in [3.05, 3.63) is 29.3 Å². The average Bonchev–Trinajstić information content (AvgIpc) is 3.03. The molecule has 9 nitrogen and oxygen atoms in total. The summed E-state index contributed by atoms with van der Waals surface area (Å²) in [5.74, 6) is -0.651. The Kier molecular flexibility index (Phi) is 5.70. The molecule has 0 aromatic heterocycles. The predicted octanol–water partition coefficient (Wildman–Crippen LogP) is -0.838. The van der Waals surface area contributed by atoms with Gasteiger partial charge in [-0.05, 0) is 78.5 Å². The van der Waals surface area contributed by atoms with Crippen LogP contribution in [0, 0.1) is 17.3 Å². The van der Waals surface area contributed by atoms with Gasteiger partial charge in [0.05, 0.1) is 18.2 Å². The Hall–Kier alpha value is -1.75. The van der Waals surface area contributed by atoms with Crippen LogP contribution in [0.2, 0.25) is 0 Å². The van der Waals surface area contributed by atoms with Gasteiger partial charge in [0.15, 0.2) is 6.29 Å². The fourth-order valence-corrected chi connectivity index (χ4v) is 7.08. The van der Waals surface area contributed by atoms with E-state index < -0.39 is 54.3 Å². The van der Waals surface area contributed by atoms with E-state index in [1.807, 2.05) is 12.1 Å². The molecule has 11 atom stereocenters. The van der Waals surface area contributed by atoms with E-state index in [0.29, 0.717) is 18.3 Å². The highest BCUT2D eigenvalue weighted by Crippen LogP contribution is 2.62. The Balaban J connectivity index is 1.38. The molecule has 4 aliphatic rings. The molecular weight excluding hydrogens is 432 g/mol. The molecule has 0 bridgehead atoms. The summed E-state index contributed by atoms with van der Waals surface area (Å²) in [6, 6.07) is 5.56. The maximum Gasteiger partial charge on any atom is 0.187 e. The van der Waals surface area contributed by atoms with Crippen LogP contribution in [0.4, 0.5) is 0 Å². The third-order valence-corrected chi connectivity index (χ3v) is 8.73. The van der Waals surface area contributed by atoms with Crippen LogP contribution in [-0.4, -0.2) is 74.4 Å². The SMILES string of the molecule is C[C@]12CC[C@@H]3c4ccc(O)cc4CC[C@H]3[C@@H]1C[C@@H](O)[C@@H]2O[C@@H]1O[C@H](C(=O)[O-])[C@@H](O)[C@H](O)[C@H]1O. The number of hydrogen-bond donors (Lipinski definition) is 5. The predicted molar refractivity (Wildman–Crippen MR) is 111 cm³/mol. The molecule has 182 valence electrons. The molecule has 33 heavy (non-hydrogen) atoms. The van der Waals surface area contributed by atoms with Crippen LogP contribution in [0.1, 0.15) is 49.7 Å². The number of aryl methyl sites for hydroxylation is 1. The van der Waals surface area contributed by atoms with Gasteiger partial charge in [-0.25, -0.2) is 0 Å². The second-order valence-electron chi connectivity index (χ2n) is 10.4. The molecule has 1 heterocycles. The van der Waals surface area contributed by atoms with Crippen LogP contribution in [0.5, 0.6) is 5.75 Å². The molecule has 5 rings (SSSR count). The number of phenols is 1. The van der Waals surface area contributed by atoms with Crippen molar-refractivity contribution in [3.63, 3.8) is 0 Å². The maximum atomic E-state index is 11.3. The Labute approximate surface area is 191 Å². The lowest BCUT2D eigenvalue weighted by atomic mass is 9.55. The van der Waals surface area contributed by atoms with Gasteiger partial charge in [0.2, 0.25) is 0 Å². The summed E-state index contributed by atoms with van der Waals surface area (Å²) in [5, 5.41) is 62.5. The fourth-order valence-electron chi connectivity index (χ4n) is 7.08. The fraction of sp³-hybridized carbons (Fsp3) is 0.708. The van der Waals surface area contributed by atoms with Crippen molar-refractivity contribution in [2.24, 2.45) is 17.3 Å². The second kappa shape index (κ2) is 8.18. The number of aliphatic hydroxyl groups is 4. The van der Waals surface area contributed by atoms with Crippen LogP contribution in [0.25, 0.3) is 0 Å². The van der Waals surface area contributed by atoms with E-state index in [2.05, 4.69) is 6.92 Å². The van der Waals surface area contributed by atoms with E-state index in [1.54, 1.807) is 6.07 Å². The summed E-state index contributed by atoms with van der Waals surface area (Å²) in [6.07, 6.45) is -6.33. The first-order valence-corrected chi connectivity index (χ1v) is 11.7. The first-order chi connectivity index (χ1) is 15.6. The van der Waals surface area contributed by atoms with Crippen LogP contribution in [0.3, 0.4) is 0 Å². The highest BCUT2D eigenvalue weighted by molar-refractivity contribution is 5.71. The van der Waals surface area contributed by atoms with Crippen LogP contribution in [-0.2, 0) is 20.7 Å². The lowest BCUT2D eigenvalue weighted by molar-refractivity contribution is -0.357. The van der Waals surface area contributed by atoms with Gasteiger partial charge < -0.3 is 44.9 Å². The third kappa shape index (κ3) is 3.57. The maximum absolute atomic E-state index is 11.3. The topological polar surface area (TPSA) is 160 Å². The highest BCUT2D eigenvalue weighted by Gasteiger charge is 2.60. The van der Waals surface area contributed by atoms with Crippen LogP contribution < -0.4 is 5.11 Å². The summed E-state index contributed by atoms with van der Waals surface area (Å²) in [7, 11) is 0. The summed E-state index contributed by atoms with van der Waals surface area (Å²) in [5.41, 5.74) is 1.99. The number of hydrogen-bond acceptors (Lipinski definition) is 9. The van der Waals surface area contributed by atoms with Crippen molar-refractivity contribution in [1.82, 2.24) is 0 Å². The second-order valence-corrected chi connectivity index (χ2v) is 10.4. The zero-order chi connectivity index (χ0) is 23.7. The number of carboxylic acids is 1. The minimum atomic E-state index is -1.85. The molecule has 0 unspecified atom stereocenters. The number of aliphatic carboxylic acids is 1. The number of ether oxygens (including phenoxy) is 2. The van der Waals surface area contributed by atoms with Crippen LogP contribution >= 0.6 is 0 Å². The van der Waals surface area contributed by atoms with Crippen molar-refractivity contribution >= 4 is 5.97 Å². The molecule has 5 N–H and O–H groups in total. The Bertz CT molecular complexity index is 921. The van der Waals surface area contributed by atoms with Crippen molar-refractivity contribution in [3.8, 4) is 5.75 Å². The monoisotopic (exact) mass is 463 g/mol. The van der Waals surface area contributed by atoms with Gasteiger partial charge in [0.25, 0.3) is 0 Å². The number of carbonyl (C=O) groups excluding carboxylic acids is 1. The first-order valence-electron chi connectivity index (χ1n) is 11.7. The van der Waals surface area contributed by atoms with Gasteiger partial charge in [-0.15, -0.1) is 0 Å². The minimum Gasteiger partial charge on any atom is -0.547 e. The smallest absolute Gasteiger partial charge is 0.187 e. The van der Waals surface area contributed by atoms with E-state index in [4.69, 9.17) is 9.47 Å². The lowest BCUT2D eigenvalue weighted by Gasteiger charge is -2.51. The van der Waals surface area contributed by atoms with Gasteiger partial charge in [-0.2, -0.15) is 0 Å². The summed E-state index contributed by atoms with van der Waals surface area (Å²) < 4.78 is 11.3. The molecule has 2 saturated carbocycles. The average molecular weight is 464 g/mol. The van der Waals surface area contributed by atoms with Gasteiger partial charge in [0, 0.05) is 0 Å². The zero-order valence-corrected chi connectivity index (χ0v) is 18.4. The number of carbonyl (C=O) groups is 1. The lowest BCUT2D eigenvalue weighted by Crippen LogP contribution is -2.63. The molecule has 0 radical (unpaired) electrons. The number of phenolic OH excluding ortho intramolecular Hbond substituents is 1. The van der Waals surface area contributed by atoms with Crippen molar-refractivity contribution in [2.45, 2.75) is 87.9 Å². The van der Waals surface area contributed by atoms with E-state index in [-0.39, 0.29) is 11.7 Å².